The van der Waals surface area contributed by atoms with Crippen molar-refractivity contribution in [2.45, 2.75) is 85.1 Å². The summed E-state index contributed by atoms with van der Waals surface area (Å²) in [5, 5.41) is 11.6. The van der Waals surface area contributed by atoms with Crippen LogP contribution in [-0.4, -0.2) is 72.3 Å². The van der Waals surface area contributed by atoms with E-state index in [0.29, 0.717) is 12.0 Å². The average molecular weight is 488 g/mol. The van der Waals surface area contributed by atoms with E-state index in [1.807, 2.05) is 53.7 Å². The van der Waals surface area contributed by atoms with E-state index in [0.717, 1.165) is 5.56 Å². The summed E-state index contributed by atoms with van der Waals surface area (Å²) < 4.78 is 0. The zero-order valence-corrected chi connectivity index (χ0v) is 22.2. The number of aryl methyl sites for hydroxylation is 1. The molecular formula is C26H41N5O4. The first kappa shape index (κ1) is 28.3. The standard InChI is InChI=1S/C26H41N5O4/c1-15(2)28-24(34)20-13-19(29-23(33)18-11-9-16(3)10-12-18)14-31(20)25(35)21(26(5,6)7)30-22(32)17(4)27-8/h9-12,15,17,19-21,27H,13-14H2,1-8H3,(H,28,34)(H,29,33)(H,30,32)/t17-,19-,20-,21+/m0/s1. The molecule has 0 aromatic heterocycles. The number of carbonyl (C=O) groups excluding carboxylic acids is 4. The van der Waals surface area contributed by atoms with Crippen LogP contribution >= 0.6 is 0 Å². The van der Waals surface area contributed by atoms with Gasteiger partial charge in [-0.25, -0.2) is 0 Å². The molecule has 9 heteroatoms. The van der Waals surface area contributed by atoms with Crippen molar-refractivity contribution in [1.82, 2.24) is 26.2 Å². The SMILES string of the molecule is CN[C@@H](C)C(=O)N[C@H](C(=O)N1C[C@@H](NC(=O)c2ccc(C)cc2)C[C@H]1C(=O)NC(C)C)C(C)(C)C. The average Bonchev–Trinajstić information content (AvgIpc) is 3.19. The lowest BCUT2D eigenvalue weighted by atomic mass is 9.85. The van der Waals surface area contributed by atoms with E-state index in [2.05, 4.69) is 21.3 Å². The number of rotatable bonds is 8. The Labute approximate surface area is 208 Å². The van der Waals surface area contributed by atoms with E-state index in [9.17, 15) is 19.2 Å². The second-order valence-corrected chi connectivity index (χ2v) is 10.8. The number of likely N-dealkylation sites (tertiary alicyclic amines) is 1. The van der Waals surface area contributed by atoms with Crippen LogP contribution in [-0.2, 0) is 14.4 Å². The predicted octanol–water partition coefficient (Wildman–Crippen LogP) is 1.36. The largest absolute Gasteiger partial charge is 0.352 e. The molecule has 1 aromatic rings. The molecule has 0 bridgehead atoms. The van der Waals surface area contributed by atoms with Gasteiger partial charge in [0.25, 0.3) is 5.91 Å². The third-order valence-corrected chi connectivity index (χ3v) is 6.19. The Balaban J connectivity index is 2.28. The number of hydrogen-bond donors (Lipinski definition) is 4. The van der Waals surface area contributed by atoms with Gasteiger partial charge in [-0.3, -0.25) is 19.2 Å². The van der Waals surface area contributed by atoms with Gasteiger partial charge in [-0.15, -0.1) is 0 Å². The molecule has 1 saturated heterocycles. The van der Waals surface area contributed by atoms with Gasteiger partial charge < -0.3 is 26.2 Å². The first-order valence-electron chi connectivity index (χ1n) is 12.2. The normalized spacial score (nSPS) is 19.7. The smallest absolute Gasteiger partial charge is 0.251 e. The maximum Gasteiger partial charge on any atom is 0.251 e. The van der Waals surface area contributed by atoms with Crippen LogP contribution in [0.2, 0.25) is 0 Å². The number of nitrogens with zero attached hydrogens (tertiary/aromatic N) is 1. The lowest BCUT2D eigenvalue weighted by Gasteiger charge is -2.36. The van der Waals surface area contributed by atoms with Gasteiger partial charge in [-0.1, -0.05) is 38.5 Å². The Morgan fingerprint density at radius 2 is 1.60 bits per heavy atom. The van der Waals surface area contributed by atoms with Gasteiger partial charge in [0, 0.05) is 24.2 Å². The van der Waals surface area contributed by atoms with Crippen LogP contribution in [0.15, 0.2) is 24.3 Å². The summed E-state index contributed by atoms with van der Waals surface area (Å²) in [6, 6.07) is 4.65. The fourth-order valence-electron chi connectivity index (χ4n) is 4.00. The van der Waals surface area contributed by atoms with Crippen molar-refractivity contribution in [2.75, 3.05) is 13.6 Å². The summed E-state index contributed by atoms with van der Waals surface area (Å²) in [5.74, 6) is -1.17. The Kier molecular flexibility index (Phi) is 9.43. The third-order valence-electron chi connectivity index (χ3n) is 6.19. The van der Waals surface area contributed by atoms with E-state index in [4.69, 9.17) is 0 Å². The number of carbonyl (C=O) groups is 4. The Morgan fingerprint density at radius 3 is 2.11 bits per heavy atom. The van der Waals surface area contributed by atoms with E-state index >= 15 is 0 Å². The van der Waals surface area contributed by atoms with Crippen LogP contribution in [0.3, 0.4) is 0 Å². The summed E-state index contributed by atoms with van der Waals surface area (Å²) in [6.07, 6.45) is 0.291. The van der Waals surface area contributed by atoms with Gasteiger partial charge in [0.1, 0.15) is 12.1 Å². The lowest BCUT2D eigenvalue weighted by molar-refractivity contribution is -0.144. The van der Waals surface area contributed by atoms with Gasteiger partial charge >= 0.3 is 0 Å². The van der Waals surface area contributed by atoms with Crippen LogP contribution in [0.1, 0.15) is 63.9 Å². The molecule has 9 nitrogen and oxygen atoms in total. The molecule has 0 spiro atoms. The summed E-state index contributed by atoms with van der Waals surface area (Å²) in [4.78, 5) is 53.7. The number of likely N-dealkylation sites (N-methyl/N-ethyl adjacent to an activating group) is 1. The van der Waals surface area contributed by atoms with Gasteiger partial charge in [-0.2, -0.15) is 0 Å². The highest BCUT2D eigenvalue weighted by molar-refractivity contribution is 5.96. The monoisotopic (exact) mass is 487 g/mol. The molecule has 1 aromatic carbocycles. The molecular weight excluding hydrogens is 446 g/mol. The highest BCUT2D eigenvalue weighted by Crippen LogP contribution is 2.26. The molecule has 194 valence electrons. The van der Waals surface area contributed by atoms with Crippen molar-refractivity contribution >= 4 is 23.6 Å². The number of hydrogen-bond acceptors (Lipinski definition) is 5. The van der Waals surface area contributed by atoms with Gasteiger partial charge in [0.05, 0.1) is 6.04 Å². The van der Waals surface area contributed by atoms with Crippen LogP contribution in [0.4, 0.5) is 0 Å². The fraction of sp³-hybridized carbons (Fsp3) is 0.615. The van der Waals surface area contributed by atoms with Crippen LogP contribution in [0.5, 0.6) is 0 Å². The van der Waals surface area contributed by atoms with Gasteiger partial charge in [0.15, 0.2) is 0 Å². The van der Waals surface area contributed by atoms with Crippen molar-refractivity contribution in [3.63, 3.8) is 0 Å². The molecule has 1 fully saturated rings. The number of nitrogens with one attached hydrogen (secondary N) is 4. The van der Waals surface area contributed by atoms with E-state index in [1.54, 1.807) is 26.1 Å². The first-order valence-corrected chi connectivity index (χ1v) is 12.2. The van der Waals surface area contributed by atoms with Gasteiger partial charge in [-0.05, 0) is 58.7 Å². The van der Waals surface area contributed by atoms with Crippen molar-refractivity contribution in [1.29, 1.82) is 0 Å². The molecule has 0 saturated carbocycles. The van der Waals surface area contributed by atoms with Crippen molar-refractivity contribution in [3.8, 4) is 0 Å². The highest BCUT2D eigenvalue weighted by Gasteiger charge is 2.45. The molecule has 1 aliphatic heterocycles. The van der Waals surface area contributed by atoms with E-state index in [1.165, 1.54) is 4.90 Å². The summed E-state index contributed by atoms with van der Waals surface area (Å²) in [7, 11) is 1.67. The maximum absolute atomic E-state index is 13.8. The summed E-state index contributed by atoms with van der Waals surface area (Å²) >= 11 is 0. The fourth-order valence-corrected chi connectivity index (χ4v) is 4.00. The molecule has 1 aliphatic rings. The second kappa shape index (κ2) is 11.7. The predicted molar refractivity (Wildman–Crippen MR) is 136 cm³/mol. The van der Waals surface area contributed by atoms with E-state index < -0.39 is 29.6 Å². The van der Waals surface area contributed by atoms with Crippen molar-refractivity contribution in [3.05, 3.63) is 35.4 Å². The summed E-state index contributed by atoms with van der Waals surface area (Å²) in [6.45, 7) is 13.2. The Bertz CT molecular complexity index is 923. The Hall–Kier alpha value is -2.94. The van der Waals surface area contributed by atoms with Crippen molar-refractivity contribution in [2.24, 2.45) is 5.41 Å². The zero-order chi connectivity index (χ0) is 26.5. The third kappa shape index (κ3) is 7.52. The second-order valence-electron chi connectivity index (χ2n) is 10.8. The Morgan fingerprint density at radius 1 is 1.00 bits per heavy atom. The molecule has 4 atom stereocenters. The van der Waals surface area contributed by atoms with Gasteiger partial charge in [0.2, 0.25) is 17.7 Å². The minimum atomic E-state index is -0.841. The quantitative estimate of drug-likeness (QED) is 0.441. The van der Waals surface area contributed by atoms with E-state index in [-0.39, 0.29) is 36.2 Å². The first-order chi connectivity index (χ1) is 16.2. The molecule has 0 unspecified atom stereocenters. The number of amides is 4. The highest BCUT2D eigenvalue weighted by atomic mass is 16.2. The molecule has 0 aliphatic carbocycles. The molecule has 4 amide bonds. The molecule has 4 N–H and O–H groups in total. The lowest BCUT2D eigenvalue weighted by Crippen LogP contribution is -2.59. The van der Waals surface area contributed by atoms with Crippen LogP contribution in [0, 0.1) is 12.3 Å². The minimum absolute atomic E-state index is 0.102. The van der Waals surface area contributed by atoms with Crippen LogP contribution < -0.4 is 21.3 Å². The summed E-state index contributed by atoms with van der Waals surface area (Å²) in [5.41, 5.74) is 0.972. The molecule has 2 rings (SSSR count). The topological polar surface area (TPSA) is 120 Å². The molecule has 0 radical (unpaired) electrons. The molecule has 35 heavy (non-hydrogen) atoms. The molecule has 1 heterocycles. The number of benzene rings is 1. The minimum Gasteiger partial charge on any atom is -0.352 e. The van der Waals surface area contributed by atoms with Crippen molar-refractivity contribution < 1.29 is 19.2 Å². The zero-order valence-electron chi connectivity index (χ0n) is 22.2. The van der Waals surface area contributed by atoms with Crippen LogP contribution in [0.25, 0.3) is 0 Å². The maximum atomic E-state index is 13.8.